The van der Waals surface area contributed by atoms with Crippen molar-refractivity contribution in [2.45, 2.75) is 25.7 Å². The second kappa shape index (κ2) is 11.3. The molecule has 0 radical (unpaired) electrons. The number of carbonyl (C=O) groups is 1. The smallest absolute Gasteiger partial charge is 0.309 e. The van der Waals surface area contributed by atoms with Crippen LogP contribution in [0.25, 0.3) is 0 Å². The molecule has 0 aliphatic carbocycles. The van der Waals surface area contributed by atoms with Gasteiger partial charge in [0.05, 0.1) is 13.5 Å². The van der Waals surface area contributed by atoms with Crippen LogP contribution in [0.3, 0.4) is 0 Å². The predicted octanol–water partition coefficient (Wildman–Crippen LogP) is 4.50. The fourth-order valence-corrected chi connectivity index (χ4v) is 1.98. The molecule has 0 bridgehead atoms. The van der Waals surface area contributed by atoms with E-state index in [-0.39, 0.29) is 30.1 Å². The number of esters is 1. The van der Waals surface area contributed by atoms with Gasteiger partial charge in [0.25, 0.3) is 12.9 Å². The second-order valence-corrected chi connectivity index (χ2v) is 5.31. The summed E-state index contributed by atoms with van der Waals surface area (Å²) >= 11 is 0. The molecule has 1 N–H and O–H groups in total. The highest BCUT2D eigenvalue weighted by Crippen LogP contribution is 2.19. The van der Waals surface area contributed by atoms with E-state index in [1.807, 2.05) is 0 Å². The van der Waals surface area contributed by atoms with Gasteiger partial charge in [0.1, 0.15) is 0 Å². The summed E-state index contributed by atoms with van der Waals surface area (Å²) in [5, 5.41) is 8.55. The van der Waals surface area contributed by atoms with Gasteiger partial charge in [-0.15, -0.1) is 0 Å². The molecule has 0 unspecified atom stereocenters. The van der Waals surface area contributed by atoms with E-state index in [0.29, 0.717) is 12.0 Å². The summed E-state index contributed by atoms with van der Waals surface area (Å²) in [4.78, 5) is 10.8. The van der Waals surface area contributed by atoms with Gasteiger partial charge in [0.2, 0.25) is 0 Å². The molecule has 0 atom stereocenters. The van der Waals surface area contributed by atoms with E-state index in [2.05, 4.69) is 4.74 Å². The van der Waals surface area contributed by atoms with Crippen molar-refractivity contribution in [1.29, 1.82) is 0 Å². The Balaban J connectivity index is 0.000000263. The molecule has 3 nitrogen and oxygen atoms in total. The molecule has 0 saturated carbocycles. The van der Waals surface area contributed by atoms with E-state index in [1.165, 1.54) is 43.5 Å². The maximum atomic E-state index is 12.1. The van der Waals surface area contributed by atoms with Crippen LogP contribution in [0, 0.1) is 0 Å². The Bertz CT molecular complexity index is 655. The molecule has 0 aliphatic rings. The molecule has 26 heavy (non-hydrogen) atoms. The van der Waals surface area contributed by atoms with Crippen LogP contribution in [-0.2, 0) is 22.4 Å². The summed E-state index contributed by atoms with van der Waals surface area (Å²) in [6, 6.07) is 11.6. The van der Waals surface area contributed by atoms with Gasteiger partial charge in [-0.05, 0) is 17.5 Å². The highest BCUT2D eigenvalue weighted by molar-refractivity contribution is 5.72. The lowest BCUT2D eigenvalue weighted by atomic mass is 10.1. The lowest BCUT2D eigenvalue weighted by Gasteiger charge is -2.02. The number of ether oxygens (including phenoxy) is 1. The predicted molar refractivity (Wildman–Crippen MR) is 89.3 cm³/mol. The van der Waals surface area contributed by atoms with Crippen molar-refractivity contribution in [1.82, 2.24) is 0 Å². The molecule has 0 amide bonds. The first-order valence-corrected chi connectivity index (χ1v) is 7.79. The van der Waals surface area contributed by atoms with Crippen LogP contribution in [0.2, 0.25) is 0 Å². The van der Waals surface area contributed by atoms with Crippen LogP contribution < -0.4 is 0 Å². The molecule has 7 heteroatoms. The minimum absolute atomic E-state index is 0.0247. The van der Waals surface area contributed by atoms with E-state index >= 15 is 0 Å². The number of hydrogen-bond acceptors (Lipinski definition) is 3. The summed E-state index contributed by atoms with van der Waals surface area (Å²) in [6.45, 7) is 0.0496. The maximum Gasteiger partial charge on any atom is 0.309 e. The zero-order valence-electron chi connectivity index (χ0n) is 14.2. The normalized spacial score (nSPS) is 10.5. The summed E-state index contributed by atoms with van der Waals surface area (Å²) < 4.78 is 52.8. The highest BCUT2D eigenvalue weighted by atomic mass is 19.3. The number of methoxy groups -OCH3 is 1. The van der Waals surface area contributed by atoms with Crippen LogP contribution in [0.4, 0.5) is 17.6 Å². The average molecular weight is 372 g/mol. The summed E-state index contributed by atoms with van der Waals surface area (Å²) in [6.07, 6.45) is -4.25. The standard InChI is InChI=1S/C10H10F2O2.C9H10F2O/c1-14-9(13)6-7-2-4-8(5-3-7)10(11)12;10-9(11)8-3-1-7(2-4-8)5-6-12/h2-5,10H,6H2,1H3;1-4,9,12H,5-6H2. The molecule has 0 aromatic heterocycles. The van der Waals surface area contributed by atoms with Crippen LogP contribution >= 0.6 is 0 Å². The zero-order chi connectivity index (χ0) is 19.5. The highest BCUT2D eigenvalue weighted by Gasteiger charge is 2.07. The molecule has 0 heterocycles. The molecular formula is C19H20F4O3. The second-order valence-electron chi connectivity index (χ2n) is 5.31. The third-order valence-corrected chi connectivity index (χ3v) is 3.44. The first-order chi connectivity index (χ1) is 12.4. The SMILES string of the molecule is COC(=O)Cc1ccc(C(F)F)cc1.OCCc1ccc(C(F)F)cc1. The minimum Gasteiger partial charge on any atom is -0.469 e. The van der Waals surface area contributed by atoms with E-state index < -0.39 is 12.9 Å². The average Bonchev–Trinajstić information content (AvgIpc) is 2.63. The number of alkyl halides is 4. The van der Waals surface area contributed by atoms with E-state index in [1.54, 1.807) is 12.1 Å². The third-order valence-electron chi connectivity index (χ3n) is 3.44. The Hall–Kier alpha value is -2.41. The Morgan fingerprint density at radius 3 is 1.65 bits per heavy atom. The molecule has 2 aromatic rings. The fourth-order valence-electron chi connectivity index (χ4n) is 1.98. The number of rotatable bonds is 6. The third kappa shape index (κ3) is 7.65. The van der Waals surface area contributed by atoms with Crippen molar-refractivity contribution in [3.05, 3.63) is 70.8 Å². The van der Waals surface area contributed by atoms with Gasteiger partial charge in [-0.1, -0.05) is 48.5 Å². The van der Waals surface area contributed by atoms with Gasteiger partial charge < -0.3 is 9.84 Å². The Morgan fingerprint density at radius 1 is 0.885 bits per heavy atom. The summed E-state index contributed by atoms with van der Waals surface area (Å²) in [7, 11) is 1.29. The lowest BCUT2D eigenvalue weighted by molar-refractivity contribution is -0.139. The Kier molecular flexibility index (Phi) is 9.36. The first-order valence-electron chi connectivity index (χ1n) is 7.79. The van der Waals surface area contributed by atoms with Crippen molar-refractivity contribution in [2.75, 3.05) is 13.7 Å². The van der Waals surface area contributed by atoms with Crippen LogP contribution in [-0.4, -0.2) is 24.8 Å². The molecule has 2 aromatic carbocycles. The number of hydrogen-bond donors (Lipinski definition) is 1. The summed E-state index contributed by atoms with van der Waals surface area (Å²) in [5.74, 6) is -0.380. The molecule has 0 aliphatic heterocycles. The van der Waals surface area contributed by atoms with Crippen molar-refractivity contribution in [3.63, 3.8) is 0 Å². The van der Waals surface area contributed by atoms with Crippen molar-refractivity contribution >= 4 is 5.97 Å². The fraction of sp³-hybridized carbons (Fsp3) is 0.316. The molecule has 0 spiro atoms. The number of aliphatic hydroxyl groups excluding tert-OH is 1. The number of benzene rings is 2. The van der Waals surface area contributed by atoms with Crippen LogP contribution in [0.5, 0.6) is 0 Å². The van der Waals surface area contributed by atoms with Gasteiger partial charge in [0.15, 0.2) is 0 Å². The van der Waals surface area contributed by atoms with Crippen LogP contribution in [0.15, 0.2) is 48.5 Å². The molecule has 2 rings (SSSR count). The van der Waals surface area contributed by atoms with E-state index in [4.69, 9.17) is 5.11 Å². The molecule has 0 saturated heterocycles. The maximum absolute atomic E-state index is 12.1. The zero-order valence-corrected chi connectivity index (χ0v) is 14.2. The van der Waals surface area contributed by atoms with Crippen molar-refractivity contribution in [2.24, 2.45) is 0 Å². The van der Waals surface area contributed by atoms with E-state index in [0.717, 1.165) is 5.56 Å². The van der Waals surface area contributed by atoms with Crippen molar-refractivity contribution in [3.8, 4) is 0 Å². The number of aliphatic hydroxyl groups is 1. The number of halogens is 4. The Labute approximate surface area is 149 Å². The van der Waals surface area contributed by atoms with Gasteiger partial charge in [-0.3, -0.25) is 4.79 Å². The molecule has 0 fully saturated rings. The Morgan fingerprint density at radius 2 is 1.31 bits per heavy atom. The summed E-state index contributed by atoms with van der Waals surface area (Å²) in [5.41, 5.74) is 1.53. The molecule has 142 valence electrons. The van der Waals surface area contributed by atoms with Crippen LogP contribution in [0.1, 0.15) is 35.1 Å². The largest absolute Gasteiger partial charge is 0.469 e. The molecular weight excluding hydrogens is 352 g/mol. The quantitative estimate of drug-likeness (QED) is 0.600. The number of carbonyl (C=O) groups excluding carboxylic acids is 1. The van der Waals surface area contributed by atoms with Gasteiger partial charge in [-0.2, -0.15) is 0 Å². The van der Waals surface area contributed by atoms with Gasteiger partial charge >= 0.3 is 5.97 Å². The first kappa shape index (κ1) is 21.6. The topological polar surface area (TPSA) is 46.5 Å². The van der Waals surface area contributed by atoms with Gasteiger partial charge in [-0.25, -0.2) is 17.6 Å². The lowest BCUT2D eigenvalue weighted by Crippen LogP contribution is -2.04. The monoisotopic (exact) mass is 372 g/mol. The minimum atomic E-state index is -2.47. The van der Waals surface area contributed by atoms with E-state index in [9.17, 15) is 22.4 Å². The van der Waals surface area contributed by atoms with Crippen molar-refractivity contribution < 1.29 is 32.2 Å². The van der Waals surface area contributed by atoms with Gasteiger partial charge in [0, 0.05) is 17.7 Å².